The number of amides is 1. The van der Waals surface area contributed by atoms with Crippen molar-refractivity contribution in [3.05, 3.63) is 42.2 Å². The van der Waals surface area contributed by atoms with Crippen molar-refractivity contribution in [3.8, 4) is 11.5 Å². The number of nitrogens with zero attached hydrogens (tertiary/aromatic N) is 1. The number of benzene rings is 1. The summed E-state index contributed by atoms with van der Waals surface area (Å²) < 4.78 is 11.4. The Bertz CT molecular complexity index is 672. The summed E-state index contributed by atoms with van der Waals surface area (Å²) in [5, 5.41) is 2.80. The van der Waals surface area contributed by atoms with Crippen molar-refractivity contribution in [1.29, 1.82) is 0 Å². The fraction of sp³-hybridized carbons (Fsp3) is 0.333. The van der Waals surface area contributed by atoms with Crippen molar-refractivity contribution in [2.24, 2.45) is 0 Å². The zero-order valence-electron chi connectivity index (χ0n) is 14.0. The first-order valence-corrected chi connectivity index (χ1v) is 8.06. The molecule has 24 heavy (non-hydrogen) atoms. The SMILES string of the molecule is CCCOc1ccc(NC(=O)c2ccc(N)cn2)cc1OCCC. The molecular formula is C18H23N3O3. The van der Waals surface area contributed by atoms with Gasteiger partial charge in [-0.3, -0.25) is 4.79 Å². The molecule has 0 atom stereocenters. The van der Waals surface area contributed by atoms with Crippen LogP contribution in [0.2, 0.25) is 0 Å². The van der Waals surface area contributed by atoms with E-state index >= 15 is 0 Å². The van der Waals surface area contributed by atoms with Crippen LogP contribution in [0.5, 0.6) is 11.5 Å². The second-order valence-corrected chi connectivity index (χ2v) is 5.29. The van der Waals surface area contributed by atoms with Gasteiger partial charge in [0.25, 0.3) is 5.91 Å². The third-order valence-electron chi connectivity index (χ3n) is 3.14. The molecule has 0 bridgehead atoms. The van der Waals surface area contributed by atoms with Crippen molar-refractivity contribution in [2.75, 3.05) is 24.3 Å². The molecule has 128 valence electrons. The van der Waals surface area contributed by atoms with Gasteiger partial charge in [-0.15, -0.1) is 0 Å². The minimum Gasteiger partial charge on any atom is -0.490 e. The van der Waals surface area contributed by atoms with Crippen LogP contribution in [0.1, 0.15) is 37.2 Å². The fourth-order valence-electron chi connectivity index (χ4n) is 1.98. The van der Waals surface area contributed by atoms with Crippen LogP contribution in [0.3, 0.4) is 0 Å². The molecule has 1 aromatic heterocycles. The third kappa shape index (κ3) is 4.87. The van der Waals surface area contributed by atoms with Crippen LogP contribution in [0.15, 0.2) is 36.5 Å². The molecule has 1 aromatic carbocycles. The van der Waals surface area contributed by atoms with Crippen molar-refractivity contribution >= 4 is 17.3 Å². The Morgan fingerprint density at radius 1 is 1.08 bits per heavy atom. The fourth-order valence-corrected chi connectivity index (χ4v) is 1.98. The molecule has 0 aliphatic heterocycles. The molecule has 0 radical (unpaired) electrons. The maximum atomic E-state index is 12.2. The van der Waals surface area contributed by atoms with Gasteiger partial charge in [0, 0.05) is 11.8 Å². The molecule has 6 nitrogen and oxygen atoms in total. The van der Waals surface area contributed by atoms with E-state index in [1.165, 1.54) is 6.20 Å². The number of carbonyl (C=O) groups is 1. The molecule has 1 heterocycles. The van der Waals surface area contributed by atoms with Gasteiger partial charge in [-0.05, 0) is 37.1 Å². The number of aromatic nitrogens is 1. The normalized spacial score (nSPS) is 10.2. The molecular weight excluding hydrogens is 306 g/mol. The zero-order valence-corrected chi connectivity index (χ0v) is 14.0. The highest BCUT2D eigenvalue weighted by molar-refractivity contribution is 6.03. The molecule has 2 rings (SSSR count). The molecule has 2 aromatic rings. The van der Waals surface area contributed by atoms with Gasteiger partial charge in [0.15, 0.2) is 11.5 Å². The Balaban J connectivity index is 2.14. The number of carbonyl (C=O) groups excluding carboxylic acids is 1. The molecule has 0 aliphatic rings. The Morgan fingerprint density at radius 2 is 1.79 bits per heavy atom. The number of hydrogen-bond donors (Lipinski definition) is 2. The monoisotopic (exact) mass is 329 g/mol. The molecule has 6 heteroatoms. The first kappa shape index (κ1) is 17.6. The quantitative estimate of drug-likeness (QED) is 0.774. The lowest BCUT2D eigenvalue weighted by Gasteiger charge is -2.14. The lowest BCUT2D eigenvalue weighted by atomic mass is 10.2. The minimum absolute atomic E-state index is 0.298. The largest absolute Gasteiger partial charge is 0.490 e. The van der Waals surface area contributed by atoms with Gasteiger partial charge in [0.05, 0.1) is 25.1 Å². The number of nitrogens with two attached hydrogens (primary N) is 1. The molecule has 0 spiro atoms. The molecule has 3 N–H and O–H groups in total. The highest BCUT2D eigenvalue weighted by Crippen LogP contribution is 2.31. The Labute approximate surface area is 142 Å². The Morgan fingerprint density at radius 3 is 2.42 bits per heavy atom. The first-order valence-electron chi connectivity index (χ1n) is 8.06. The highest BCUT2D eigenvalue weighted by Gasteiger charge is 2.11. The second-order valence-electron chi connectivity index (χ2n) is 5.29. The van der Waals surface area contributed by atoms with Gasteiger partial charge in [-0.25, -0.2) is 4.98 Å². The minimum atomic E-state index is -0.307. The van der Waals surface area contributed by atoms with Gasteiger partial charge < -0.3 is 20.5 Å². The average molecular weight is 329 g/mol. The first-order chi connectivity index (χ1) is 11.6. The summed E-state index contributed by atoms with van der Waals surface area (Å²) in [5.74, 6) is 0.987. The van der Waals surface area contributed by atoms with E-state index in [-0.39, 0.29) is 5.91 Å². The van der Waals surface area contributed by atoms with Crippen LogP contribution in [-0.4, -0.2) is 24.1 Å². The van der Waals surface area contributed by atoms with Crippen molar-refractivity contribution in [3.63, 3.8) is 0 Å². The number of anilines is 2. The van der Waals surface area contributed by atoms with Crippen LogP contribution in [0.4, 0.5) is 11.4 Å². The molecule has 0 aliphatic carbocycles. The van der Waals surface area contributed by atoms with E-state index in [1.807, 2.05) is 13.8 Å². The van der Waals surface area contributed by atoms with E-state index in [0.717, 1.165) is 12.8 Å². The lowest BCUT2D eigenvalue weighted by molar-refractivity contribution is 0.102. The maximum Gasteiger partial charge on any atom is 0.274 e. The maximum absolute atomic E-state index is 12.2. The number of ether oxygens (including phenoxy) is 2. The lowest BCUT2D eigenvalue weighted by Crippen LogP contribution is -2.14. The number of nitrogens with one attached hydrogen (secondary N) is 1. The van der Waals surface area contributed by atoms with Gasteiger partial charge >= 0.3 is 0 Å². The highest BCUT2D eigenvalue weighted by atomic mass is 16.5. The van der Waals surface area contributed by atoms with Crippen LogP contribution in [0.25, 0.3) is 0 Å². The van der Waals surface area contributed by atoms with E-state index < -0.39 is 0 Å². The standard InChI is InChI=1S/C18H23N3O3/c1-3-9-23-16-8-6-14(11-17(16)24-10-4-2)21-18(22)15-7-5-13(19)12-20-15/h5-8,11-12H,3-4,9-10,19H2,1-2H3,(H,21,22). The molecule has 0 saturated carbocycles. The van der Waals surface area contributed by atoms with Gasteiger partial charge in [-0.1, -0.05) is 13.8 Å². The molecule has 0 saturated heterocycles. The van der Waals surface area contributed by atoms with Gasteiger partial charge in [0.1, 0.15) is 5.69 Å². The molecule has 0 fully saturated rings. The number of rotatable bonds is 8. The summed E-state index contributed by atoms with van der Waals surface area (Å²) in [6.07, 6.45) is 3.25. The van der Waals surface area contributed by atoms with Crippen molar-refractivity contribution in [2.45, 2.75) is 26.7 Å². The van der Waals surface area contributed by atoms with Gasteiger partial charge in [-0.2, -0.15) is 0 Å². The van der Waals surface area contributed by atoms with Crippen LogP contribution in [0, 0.1) is 0 Å². The van der Waals surface area contributed by atoms with Gasteiger partial charge in [0.2, 0.25) is 0 Å². The Hall–Kier alpha value is -2.76. The van der Waals surface area contributed by atoms with Crippen LogP contribution < -0.4 is 20.5 Å². The summed E-state index contributed by atoms with van der Waals surface area (Å²) in [6, 6.07) is 8.55. The summed E-state index contributed by atoms with van der Waals surface area (Å²) in [7, 11) is 0. The number of pyridine rings is 1. The third-order valence-corrected chi connectivity index (χ3v) is 3.14. The van der Waals surface area contributed by atoms with E-state index in [2.05, 4.69) is 10.3 Å². The van der Waals surface area contributed by atoms with Crippen LogP contribution >= 0.6 is 0 Å². The number of nitrogen functional groups attached to an aromatic ring is 1. The van der Waals surface area contributed by atoms with Crippen LogP contribution in [-0.2, 0) is 0 Å². The predicted molar refractivity (Wildman–Crippen MR) is 94.6 cm³/mol. The van der Waals surface area contributed by atoms with E-state index in [9.17, 15) is 4.79 Å². The summed E-state index contributed by atoms with van der Waals surface area (Å²) in [4.78, 5) is 16.2. The van der Waals surface area contributed by atoms with E-state index in [0.29, 0.717) is 41.8 Å². The topological polar surface area (TPSA) is 86.5 Å². The second kappa shape index (κ2) is 8.76. The summed E-state index contributed by atoms with van der Waals surface area (Å²) in [6.45, 7) is 5.27. The number of hydrogen-bond acceptors (Lipinski definition) is 5. The molecule has 1 amide bonds. The smallest absolute Gasteiger partial charge is 0.274 e. The van der Waals surface area contributed by atoms with E-state index in [1.54, 1.807) is 30.3 Å². The van der Waals surface area contributed by atoms with E-state index in [4.69, 9.17) is 15.2 Å². The average Bonchev–Trinajstić information content (AvgIpc) is 2.59. The predicted octanol–water partition coefficient (Wildman–Crippen LogP) is 3.49. The Kier molecular flexibility index (Phi) is 6.42. The van der Waals surface area contributed by atoms with Crippen molar-refractivity contribution < 1.29 is 14.3 Å². The van der Waals surface area contributed by atoms with Crippen molar-refractivity contribution in [1.82, 2.24) is 4.98 Å². The zero-order chi connectivity index (χ0) is 17.4. The molecule has 0 unspecified atom stereocenters. The summed E-state index contributed by atoms with van der Waals surface area (Å²) >= 11 is 0. The summed E-state index contributed by atoms with van der Waals surface area (Å²) in [5.41, 5.74) is 7.01.